The van der Waals surface area contributed by atoms with E-state index in [1.165, 1.54) is 19.3 Å². The molecule has 0 atom stereocenters. The zero-order valence-corrected chi connectivity index (χ0v) is 14.7. The van der Waals surface area contributed by atoms with Gasteiger partial charge in [-0.2, -0.15) is 0 Å². The molecule has 0 saturated carbocycles. The van der Waals surface area contributed by atoms with E-state index in [-0.39, 0.29) is 0 Å². The summed E-state index contributed by atoms with van der Waals surface area (Å²) in [4.78, 5) is 22.3. The standard InChI is InChI=1S/C20H23N5O/c21-18(26)14-11-23-19(16-13-3-1-2-4-15(13)24-17(14)16)25-9-6-20(7-10-25)5-8-22-12-20/h1-4,11,22,24H,5-10,12H2,(H2,21,26). The summed E-state index contributed by atoms with van der Waals surface area (Å²) in [6, 6.07) is 8.12. The third kappa shape index (κ3) is 2.29. The Morgan fingerprint density at radius 1 is 1.19 bits per heavy atom. The maximum Gasteiger partial charge on any atom is 0.252 e. The topological polar surface area (TPSA) is 87.0 Å². The number of H-pyrrole nitrogens is 1. The quantitative estimate of drug-likeness (QED) is 0.663. The number of benzene rings is 1. The van der Waals surface area contributed by atoms with Gasteiger partial charge in [-0.15, -0.1) is 0 Å². The van der Waals surface area contributed by atoms with Crippen molar-refractivity contribution in [3.05, 3.63) is 36.0 Å². The van der Waals surface area contributed by atoms with E-state index >= 15 is 0 Å². The fourth-order valence-corrected chi connectivity index (χ4v) is 4.67. The fraction of sp³-hybridized carbons (Fsp3) is 0.400. The molecule has 26 heavy (non-hydrogen) atoms. The molecule has 1 aromatic carbocycles. The maximum atomic E-state index is 11.9. The number of nitrogens with one attached hydrogen (secondary N) is 2. The number of hydrogen-bond donors (Lipinski definition) is 3. The van der Waals surface area contributed by atoms with Gasteiger partial charge in [-0.3, -0.25) is 4.79 Å². The van der Waals surface area contributed by atoms with E-state index in [4.69, 9.17) is 5.73 Å². The predicted molar refractivity (Wildman–Crippen MR) is 103 cm³/mol. The van der Waals surface area contributed by atoms with Crippen LogP contribution in [0.3, 0.4) is 0 Å². The van der Waals surface area contributed by atoms with Crippen LogP contribution < -0.4 is 16.0 Å². The summed E-state index contributed by atoms with van der Waals surface area (Å²) in [7, 11) is 0. The van der Waals surface area contributed by atoms with Crippen molar-refractivity contribution in [1.82, 2.24) is 15.3 Å². The summed E-state index contributed by atoms with van der Waals surface area (Å²) in [5.41, 5.74) is 8.31. The van der Waals surface area contributed by atoms with Gasteiger partial charge in [0, 0.05) is 36.7 Å². The molecule has 6 heteroatoms. The number of aromatic amines is 1. The molecule has 4 N–H and O–H groups in total. The van der Waals surface area contributed by atoms with Crippen LogP contribution in [0.25, 0.3) is 21.8 Å². The first-order chi connectivity index (χ1) is 12.7. The number of carbonyl (C=O) groups is 1. The first-order valence-corrected chi connectivity index (χ1v) is 9.32. The molecule has 4 heterocycles. The Labute approximate surface area is 151 Å². The molecule has 2 aromatic heterocycles. The molecule has 3 aromatic rings. The second kappa shape index (κ2) is 5.71. The van der Waals surface area contributed by atoms with Crippen molar-refractivity contribution in [3.63, 3.8) is 0 Å². The van der Waals surface area contributed by atoms with E-state index in [2.05, 4.69) is 26.3 Å². The lowest BCUT2D eigenvalue weighted by Gasteiger charge is -2.39. The second-order valence-corrected chi connectivity index (χ2v) is 7.69. The lowest BCUT2D eigenvalue weighted by Crippen LogP contribution is -2.41. The number of pyridine rings is 1. The first-order valence-electron chi connectivity index (χ1n) is 9.32. The van der Waals surface area contributed by atoms with Crippen LogP contribution in [0, 0.1) is 5.41 Å². The van der Waals surface area contributed by atoms with Crippen molar-refractivity contribution < 1.29 is 4.79 Å². The van der Waals surface area contributed by atoms with E-state index in [1.807, 2.05) is 18.2 Å². The third-order valence-corrected chi connectivity index (χ3v) is 6.24. The Morgan fingerprint density at radius 2 is 2.00 bits per heavy atom. The van der Waals surface area contributed by atoms with Gasteiger partial charge in [0.15, 0.2) is 0 Å². The van der Waals surface area contributed by atoms with Crippen molar-refractivity contribution in [1.29, 1.82) is 0 Å². The summed E-state index contributed by atoms with van der Waals surface area (Å²) in [6.07, 6.45) is 5.26. The Hall–Kier alpha value is -2.60. The van der Waals surface area contributed by atoms with Gasteiger partial charge in [0.2, 0.25) is 0 Å². The average molecular weight is 349 g/mol. The van der Waals surface area contributed by atoms with Crippen molar-refractivity contribution in [2.75, 3.05) is 31.1 Å². The van der Waals surface area contributed by atoms with Gasteiger partial charge in [-0.25, -0.2) is 4.98 Å². The normalized spacial score (nSPS) is 19.6. The van der Waals surface area contributed by atoms with E-state index in [0.29, 0.717) is 11.0 Å². The second-order valence-electron chi connectivity index (χ2n) is 7.69. The number of hydrogen-bond acceptors (Lipinski definition) is 4. The molecule has 2 aliphatic heterocycles. The Bertz CT molecular complexity index is 992. The minimum atomic E-state index is -0.449. The van der Waals surface area contributed by atoms with Gasteiger partial charge in [0.25, 0.3) is 5.91 Å². The van der Waals surface area contributed by atoms with Crippen LogP contribution in [0.5, 0.6) is 0 Å². The minimum Gasteiger partial charge on any atom is -0.365 e. The SMILES string of the molecule is NC(=O)c1cnc(N2CCC3(CCNC3)CC2)c2c1[nH]c1ccccc12. The molecule has 2 fully saturated rings. The van der Waals surface area contributed by atoms with Crippen molar-refractivity contribution >= 4 is 33.5 Å². The summed E-state index contributed by atoms with van der Waals surface area (Å²) in [5, 5.41) is 5.62. The summed E-state index contributed by atoms with van der Waals surface area (Å²) >= 11 is 0. The van der Waals surface area contributed by atoms with Gasteiger partial charge >= 0.3 is 0 Å². The number of nitrogens with zero attached hydrogens (tertiary/aromatic N) is 2. The highest BCUT2D eigenvalue weighted by molar-refractivity contribution is 6.18. The van der Waals surface area contributed by atoms with Crippen LogP contribution in [0.2, 0.25) is 0 Å². The van der Waals surface area contributed by atoms with Crippen molar-refractivity contribution in [2.45, 2.75) is 19.3 Å². The van der Waals surface area contributed by atoms with Crippen molar-refractivity contribution in [3.8, 4) is 0 Å². The molecule has 2 saturated heterocycles. The summed E-state index contributed by atoms with van der Waals surface area (Å²) < 4.78 is 0. The summed E-state index contributed by atoms with van der Waals surface area (Å²) in [5.74, 6) is 0.512. The fourth-order valence-electron chi connectivity index (χ4n) is 4.67. The number of nitrogens with two attached hydrogens (primary N) is 1. The summed E-state index contributed by atoms with van der Waals surface area (Å²) in [6.45, 7) is 4.27. The number of fused-ring (bicyclic) bond motifs is 3. The van der Waals surface area contributed by atoms with Crippen LogP contribution in [-0.4, -0.2) is 42.1 Å². The number of para-hydroxylation sites is 1. The van der Waals surface area contributed by atoms with Crippen LogP contribution >= 0.6 is 0 Å². The van der Waals surface area contributed by atoms with Crippen LogP contribution in [0.4, 0.5) is 5.82 Å². The molecule has 1 amide bonds. The zero-order valence-electron chi connectivity index (χ0n) is 14.7. The monoisotopic (exact) mass is 349 g/mol. The molecule has 0 aliphatic carbocycles. The van der Waals surface area contributed by atoms with E-state index in [9.17, 15) is 4.79 Å². The van der Waals surface area contributed by atoms with Gasteiger partial charge in [0.05, 0.1) is 16.5 Å². The lowest BCUT2D eigenvalue weighted by molar-refractivity contribution is 0.100. The Morgan fingerprint density at radius 3 is 2.73 bits per heavy atom. The molecule has 2 aliphatic rings. The molecule has 0 bridgehead atoms. The van der Waals surface area contributed by atoms with Gasteiger partial charge in [-0.1, -0.05) is 18.2 Å². The Balaban J connectivity index is 1.62. The first kappa shape index (κ1) is 15.6. The van der Waals surface area contributed by atoms with E-state index in [1.54, 1.807) is 6.20 Å². The van der Waals surface area contributed by atoms with Crippen LogP contribution in [0.15, 0.2) is 30.5 Å². The smallest absolute Gasteiger partial charge is 0.252 e. The predicted octanol–water partition coefficient (Wildman–Crippen LogP) is 2.39. The molecule has 0 unspecified atom stereocenters. The van der Waals surface area contributed by atoms with Gasteiger partial charge in [0.1, 0.15) is 5.82 Å². The third-order valence-electron chi connectivity index (χ3n) is 6.24. The molecule has 0 radical (unpaired) electrons. The van der Waals surface area contributed by atoms with Crippen molar-refractivity contribution in [2.24, 2.45) is 11.1 Å². The maximum absolute atomic E-state index is 11.9. The highest BCUT2D eigenvalue weighted by Gasteiger charge is 2.37. The molecular weight excluding hydrogens is 326 g/mol. The van der Waals surface area contributed by atoms with E-state index in [0.717, 1.165) is 53.8 Å². The highest BCUT2D eigenvalue weighted by atomic mass is 16.1. The minimum absolute atomic E-state index is 0.449. The lowest BCUT2D eigenvalue weighted by atomic mass is 9.78. The largest absolute Gasteiger partial charge is 0.365 e. The number of anilines is 1. The number of primary amides is 1. The molecule has 134 valence electrons. The number of amides is 1. The molecule has 6 nitrogen and oxygen atoms in total. The van der Waals surface area contributed by atoms with Gasteiger partial charge in [-0.05, 0) is 37.3 Å². The average Bonchev–Trinajstić information content (AvgIpc) is 3.26. The zero-order chi connectivity index (χ0) is 17.7. The highest BCUT2D eigenvalue weighted by Crippen LogP contribution is 2.40. The van der Waals surface area contributed by atoms with Gasteiger partial charge < -0.3 is 20.9 Å². The molecule has 1 spiro atoms. The molecular formula is C20H23N5O. The number of piperidine rings is 1. The van der Waals surface area contributed by atoms with Crippen LogP contribution in [0.1, 0.15) is 29.6 Å². The number of carbonyl (C=O) groups excluding carboxylic acids is 1. The number of aromatic nitrogens is 2. The van der Waals surface area contributed by atoms with E-state index < -0.39 is 5.91 Å². The Kier molecular flexibility index (Phi) is 3.43. The van der Waals surface area contributed by atoms with Crippen LogP contribution in [-0.2, 0) is 0 Å². The molecule has 5 rings (SSSR count). The number of rotatable bonds is 2.